The third kappa shape index (κ3) is 5.19. The first-order chi connectivity index (χ1) is 8.61. The van der Waals surface area contributed by atoms with Crippen LogP contribution in [0.15, 0.2) is 23.1 Å². The van der Waals surface area contributed by atoms with Crippen LogP contribution >= 0.6 is 11.8 Å². The van der Waals surface area contributed by atoms with Crippen molar-refractivity contribution in [1.29, 1.82) is 0 Å². The van der Waals surface area contributed by atoms with Crippen molar-refractivity contribution in [3.63, 3.8) is 0 Å². The van der Waals surface area contributed by atoms with Crippen molar-refractivity contribution < 1.29 is 21.6 Å². The predicted octanol–water partition coefficient (Wildman–Crippen LogP) is 2.34. The molecule has 0 radical (unpaired) electrons. The Morgan fingerprint density at radius 1 is 1.37 bits per heavy atom. The Kier molecular flexibility index (Phi) is 4.97. The van der Waals surface area contributed by atoms with Crippen LogP contribution in [0, 0.1) is 0 Å². The molecule has 0 aliphatic heterocycles. The number of nitrogen functional groups attached to an aromatic ring is 1. The highest BCUT2D eigenvalue weighted by Gasteiger charge is 2.27. The summed E-state index contributed by atoms with van der Waals surface area (Å²) in [4.78, 5) is -0.0408. The van der Waals surface area contributed by atoms with Gasteiger partial charge in [-0.15, -0.1) is 0 Å². The van der Waals surface area contributed by atoms with Gasteiger partial charge in [0.25, 0.3) is 0 Å². The molecule has 1 rings (SSSR count). The van der Waals surface area contributed by atoms with E-state index in [0.29, 0.717) is 5.69 Å². The summed E-state index contributed by atoms with van der Waals surface area (Å²) < 4.78 is 58.6. The summed E-state index contributed by atoms with van der Waals surface area (Å²) in [7, 11) is -3.46. The SMILES string of the molecule is CS(=O)(=O)c1cccc(NCCSC(F)(F)F)c1N. The van der Waals surface area contributed by atoms with Crippen LogP contribution < -0.4 is 11.1 Å². The highest BCUT2D eigenvalue weighted by Crippen LogP contribution is 2.30. The van der Waals surface area contributed by atoms with Gasteiger partial charge in [-0.25, -0.2) is 8.42 Å². The van der Waals surface area contributed by atoms with E-state index in [4.69, 9.17) is 5.73 Å². The first kappa shape index (κ1) is 16.0. The number of para-hydroxylation sites is 1. The van der Waals surface area contributed by atoms with E-state index in [9.17, 15) is 21.6 Å². The molecular weight excluding hydrogens is 301 g/mol. The lowest BCUT2D eigenvalue weighted by atomic mass is 10.2. The van der Waals surface area contributed by atoms with Gasteiger partial charge in [0.2, 0.25) is 0 Å². The van der Waals surface area contributed by atoms with Crippen LogP contribution in [0.2, 0.25) is 0 Å². The van der Waals surface area contributed by atoms with Gasteiger partial charge < -0.3 is 11.1 Å². The first-order valence-corrected chi connectivity index (χ1v) is 8.02. The molecule has 0 aromatic heterocycles. The third-order valence-corrected chi connectivity index (χ3v) is 4.04. The molecular formula is C10H13F3N2O2S2. The third-order valence-electron chi connectivity index (χ3n) is 2.15. The van der Waals surface area contributed by atoms with Crippen molar-refractivity contribution in [1.82, 2.24) is 0 Å². The molecule has 3 N–H and O–H groups in total. The summed E-state index contributed by atoms with van der Waals surface area (Å²) in [5.41, 5.74) is 1.72. The Morgan fingerprint density at radius 2 is 2.00 bits per heavy atom. The summed E-state index contributed by atoms with van der Waals surface area (Å²) >= 11 is -0.153. The van der Waals surface area contributed by atoms with Crippen LogP contribution in [0.25, 0.3) is 0 Å². The maximum absolute atomic E-state index is 11.9. The molecule has 0 saturated carbocycles. The lowest BCUT2D eigenvalue weighted by Crippen LogP contribution is -2.12. The van der Waals surface area contributed by atoms with Crippen molar-refractivity contribution in [3.05, 3.63) is 18.2 Å². The van der Waals surface area contributed by atoms with Gasteiger partial charge in [-0.2, -0.15) is 13.2 Å². The molecule has 1 aromatic carbocycles. The molecule has 108 valence electrons. The molecule has 0 saturated heterocycles. The summed E-state index contributed by atoms with van der Waals surface area (Å²) in [6.07, 6.45) is 1.02. The molecule has 0 aliphatic rings. The molecule has 0 atom stereocenters. The number of anilines is 2. The van der Waals surface area contributed by atoms with E-state index in [2.05, 4.69) is 5.32 Å². The largest absolute Gasteiger partial charge is 0.441 e. The highest BCUT2D eigenvalue weighted by atomic mass is 32.2. The number of benzene rings is 1. The number of nitrogens with one attached hydrogen (secondary N) is 1. The number of nitrogens with two attached hydrogens (primary N) is 1. The van der Waals surface area contributed by atoms with E-state index < -0.39 is 15.3 Å². The molecule has 1 aromatic rings. The molecule has 0 spiro atoms. The van der Waals surface area contributed by atoms with Gasteiger partial charge in [0.1, 0.15) is 0 Å². The lowest BCUT2D eigenvalue weighted by Gasteiger charge is -2.12. The van der Waals surface area contributed by atoms with E-state index >= 15 is 0 Å². The Balaban J connectivity index is 2.71. The molecule has 0 heterocycles. The molecule has 0 fully saturated rings. The second-order valence-electron chi connectivity index (χ2n) is 3.71. The number of sulfone groups is 1. The van der Waals surface area contributed by atoms with Gasteiger partial charge in [0.05, 0.1) is 16.3 Å². The molecule has 0 unspecified atom stereocenters. The van der Waals surface area contributed by atoms with Crippen LogP contribution in [0.1, 0.15) is 0 Å². The fraction of sp³-hybridized carbons (Fsp3) is 0.400. The summed E-state index contributed by atoms with van der Waals surface area (Å²) in [6.45, 7) is 0.0294. The zero-order chi connectivity index (χ0) is 14.7. The number of alkyl halides is 3. The topological polar surface area (TPSA) is 72.2 Å². The van der Waals surface area contributed by atoms with E-state index in [-0.39, 0.29) is 34.6 Å². The van der Waals surface area contributed by atoms with Crippen molar-refractivity contribution in [2.45, 2.75) is 10.4 Å². The van der Waals surface area contributed by atoms with Crippen LogP contribution in [0.3, 0.4) is 0 Å². The first-order valence-electron chi connectivity index (χ1n) is 5.14. The zero-order valence-electron chi connectivity index (χ0n) is 9.99. The van der Waals surface area contributed by atoms with Crippen LogP contribution in [-0.2, 0) is 9.84 Å². The molecule has 0 bridgehead atoms. The quantitative estimate of drug-likeness (QED) is 0.645. The number of hydrogen-bond donors (Lipinski definition) is 2. The number of thioether (sulfide) groups is 1. The molecule has 9 heteroatoms. The van der Waals surface area contributed by atoms with Gasteiger partial charge in [0, 0.05) is 18.6 Å². The lowest BCUT2D eigenvalue weighted by molar-refractivity contribution is -0.0327. The standard InChI is InChI=1S/C10H13F3N2O2S2/c1-19(16,17)8-4-2-3-7(9(8)14)15-5-6-18-10(11,12)13/h2-4,15H,5-6,14H2,1H3. The Bertz CT molecular complexity index is 544. The Hall–Kier alpha value is -1.09. The van der Waals surface area contributed by atoms with Gasteiger partial charge >= 0.3 is 5.51 Å². The minimum absolute atomic E-state index is 0.0157. The number of halogens is 3. The average molecular weight is 314 g/mol. The smallest absolute Gasteiger partial charge is 0.396 e. The minimum atomic E-state index is -4.28. The number of rotatable bonds is 5. The van der Waals surface area contributed by atoms with Crippen LogP contribution in [0.4, 0.5) is 24.5 Å². The molecule has 0 aliphatic carbocycles. The van der Waals surface area contributed by atoms with E-state index in [0.717, 1.165) is 6.26 Å². The molecule has 19 heavy (non-hydrogen) atoms. The maximum Gasteiger partial charge on any atom is 0.441 e. The minimum Gasteiger partial charge on any atom is -0.396 e. The fourth-order valence-corrected chi connectivity index (χ4v) is 2.64. The number of hydrogen-bond acceptors (Lipinski definition) is 5. The zero-order valence-corrected chi connectivity index (χ0v) is 11.6. The monoisotopic (exact) mass is 314 g/mol. The maximum atomic E-state index is 11.9. The van der Waals surface area contributed by atoms with Gasteiger partial charge in [-0.3, -0.25) is 0 Å². The highest BCUT2D eigenvalue weighted by molar-refractivity contribution is 8.00. The molecule has 4 nitrogen and oxygen atoms in total. The second kappa shape index (κ2) is 5.91. The van der Waals surface area contributed by atoms with Gasteiger partial charge in [-0.1, -0.05) is 6.07 Å². The van der Waals surface area contributed by atoms with Gasteiger partial charge in [-0.05, 0) is 23.9 Å². The molecule has 0 amide bonds. The van der Waals surface area contributed by atoms with Gasteiger partial charge in [0.15, 0.2) is 9.84 Å². The second-order valence-corrected chi connectivity index (χ2v) is 6.85. The summed E-state index contributed by atoms with van der Waals surface area (Å²) in [5, 5.41) is 2.69. The average Bonchev–Trinajstić information content (AvgIpc) is 2.23. The Morgan fingerprint density at radius 3 is 2.53 bits per heavy atom. The van der Waals surface area contributed by atoms with E-state index in [1.165, 1.54) is 18.2 Å². The van der Waals surface area contributed by atoms with Crippen LogP contribution in [-0.4, -0.2) is 32.5 Å². The van der Waals surface area contributed by atoms with Crippen molar-refractivity contribution >= 4 is 33.0 Å². The van der Waals surface area contributed by atoms with E-state index in [1.54, 1.807) is 0 Å². The van der Waals surface area contributed by atoms with Crippen molar-refractivity contribution in [3.8, 4) is 0 Å². The fourth-order valence-electron chi connectivity index (χ4n) is 1.37. The van der Waals surface area contributed by atoms with Crippen molar-refractivity contribution in [2.24, 2.45) is 0 Å². The Labute approximate surface area is 113 Å². The van der Waals surface area contributed by atoms with E-state index in [1.807, 2.05) is 0 Å². The normalized spacial score (nSPS) is 12.4. The van der Waals surface area contributed by atoms with Crippen molar-refractivity contribution in [2.75, 3.05) is 29.6 Å². The van der Waals surface area contributed by atoms with Crippen LogP contribution in [0.5, 0.6) is 0 Å². The summed E-state index contributed by atoms with van der Waals surface area (Å²) in [6, 6.07) is 4.34. The predicted molar refractivity (Wildman–Crippen MR) is 71.0 cm³/mol. The summed E-state index contributed by atoms with van der Waals surface area (Å²) in [5.74, 6) is -0.188.